The van der Waals surface area contributed by atoms with Crippen molar-refractivity contribution in [3.05, 3.63) is 142 Å². The van der Waals surface area contributed by atoms with E-state index in [1.54, 1.807) is 97.1 Å². The van der Waals surface area contributed by atoms with E-state index < -0.39 is 65.5 Å². The summed E-state index contributed by atoms with van der Waals surface area (Å²) >= 11 is 0. The summed E-state index contributed by atoms with van der Waals surface area (Å²) in [5.41, 5.74) is -0.755. The molecular weight excluding hydrogens is 883 g/mol. The van der Waals surface area contributed by atoms with Gasteiger partial charge in [-0.2, -0.15) is 26.3 Å². The van der Waals surface area contributed by atoms with Gasteiger partial charge in [0.05, 0.1) is 44.5 Å². The monoisotopic (exact) mass is 936 g/mol. The SMILES string of the molecule is CC.CC.CC.CC.CC(C)(C(F)(F)F)C(F)(F)F.CCC.O=C1OC(=O)c2ccccc21.O=C1OC(=O)c2ccccc21.O=C1OC(=O)c2ccccc21.O=C1OC(=O)c2ccccc21. The van der Waals surface area contributed by atoms with Gasteiger partial charge in [-0.25, -0.2) is 38.4 Å². The summed E-state index contributed by atoms with van der Waals surface area (Å²) in [6, 6.07) is 26.1. The minimum absolute atomic E-state index is 0.104. The van der Waals surface area contributed by atoms with Crippen LogP contribution < -0.4 is 0 Å². The molecule has 0 atom stereocenters. The van der Waals surface area contributed by atoms with Crippen molar-refractivity contribution in [2.24, 2.45) is 5.41 Å². The maximum Gasteiger partial charge on any atom is 0.402 e. The zero-order valence-corrected chi connectivity index (χ0v) is 38.6. The molecule has 0 aromatic heterocycles. The van der Waals surface area contributed by atoms with Crippen LogP contribution in [0.15, 0.2) is 97.1 Å². The molecule has 0 saturated heterocycles. The molecule has 18 heteroatoms. The van der Waals surface area contributed by atoms with Crippen LogP contribution in [0.4, 0.5) is 26.3 Å². The molecule has 4 aliphatic heterocycles. The molecule has 4 aromatic carbocycles. The quantitative estimate of drug-likeness (QED) is 0.0707. The number of ether oxygens (including phenoxy) is 4. The Morgan fingerprint density at radius 1 is 0.318 bits per heavy atom. The van der Waals surface area contributed by atoms with Gasteiger partial charge < -0.3 is 18.9 Å². The number of carbonyl (C=O) groups is 8. The lowest BCUT2D eigenvalue weighted by Gasteiger charge is -2.29. The number of hydrogen-bond donors (Lipinski definition) is 0. The first kappa shape index (κ1) is 61.1. The summed E-state index contributed by atoms with van der Waals surface area (Å²) < 4.78 is 87.1. The number of cyclic esters (lactones) is 8. The summed E-state index contributed by atoms with van der Waals surface area (Å²) in [6.45, 7) is 20.5. The average molecular weight is 937 g/mol. The predicted octanol–water partition coefficient (Wildman–Crippen LogP) is 12.6. The summed E-state index contributed by atoms with van der Waals surface area (Å²) in [5.74, 6) is -4.40. The third-order valence-corrected chi connectivity index (χ3v) is 7.63. The van der Waals surface area contributed by atoms with E-state index in [9.17, 15) is 64.7 Å². The highest BCUT2D eigenvalue weighted by Gasteiger charge is 2.64. The number of alkyl halides is 6. The van der Waals surface area contributed by atoms with Crippen LogP contribution in [0.25, 0.3) is 0 Å². The molecule has 4 aliphatic rings. The number of carbonyl (C=O) groups excluding carboxylic acids is 8. The number of esters is 8. The molecule has 4 heterocycles. The molecule has 0 unspecified atom stereocenters. The second kappa shape index (κ2) is 29.5. The van der Waals surface area contributed by atoms with Crippen LogP contribution in [0, 0.1) is 5.41 Å². The van der Waals surface area contributed by atoms with Crippen LogP contribution >= 0.6 is 0 Å². The van der Waals surface area contributed by atoms with Gasteiger partial charge in [-0.15, -0.1) is 0 Å². The molecule has 0 bridgehead atoms. The molecule has 360 valence electrons. The smallest absolute Gasteiger partial charge is 0.386 e. The topological polar surface area (TPSA) is 173 Å². The van der Waals surface area contributed by atoms with E-state index in [1.807, 2.05) is 55.4 Å². The highest BCUT2D eigenvalue weighted by molar-refractivity contribution is 6.16. The van der Waals surface area contributed by atoms with Crippen LogP contribution in [-0.4, -0.2) is 60.1 Å². The highest BCUT2D eigenvalue weighted by Crippen LogP contribution is 2.49. The Morgan fingerprint density at radius 3 is 0.500 bits per heavy atom. The van der Waals surface area contributed by atoms with Crippen molar-refractivity contribution in [2.45, 2.75) is 102 Å². The number of halogens is 6. The fraction of sp³-hybridized carbons (Fsp3) is 0.333. The minimum Gasteiger partial charge on any atom is -0.386 e. The molecule has 8 rings (SSSR count). The maximum absolute atomic E-state index is 11.6. The van der Waals surface area contributed by atoms with Gasteiger partial charge in [0.15, 0.2) is 5.41 Å². The molecular formula is C48H54F6O12. The lowest BCUT2D eigenvalue weighted by molar-refractivity contribution is -0.327. The molecule has 66 heavy (non-hydrogen) atoms. The molecule has 4 aromatic rings. The zero-order valence-electron chi connectivity index (χ0n) is 38.6. The van der Waals surface area contributed by atoms with Crippen LogP contribution in [0.2, 0.25) is 0 Å². The minimum atomic E-state index is -5.24. The molecule has 0 N–H and O–H groups in total. The van der Waals surface area contributed by atoms with Crippen molar-refractivity contribution in [1.29, 1.82) is 0 Å². The van der Waals surface area contributed by atoms with E-state index in [-0.39, 0.29) is 13.8 Å². The fourth-order valence-corrected chi connectivity index (χ4v) is 4.29. The Balaban J connectivity index is 0. The van der Waals surface area contributed by atoms with Crippen LogP contribution in [0.5, 0.6) is 0 Å². The van der Waals surface area contributed by atoms with Gasteiger partial charge in [0, 0.05) is 0 Å². The Bertz CT molecular complexity index is 1830. The van der Waals surface area contributed by atoms with Crippen molar-refractivity contribution in [3.63, 3.8) is 0 Å². The third-order valence-electron chi connectivity index (χ3n) is 7.63. The molecule has 0 aliphatic carbocycles. The first-order valence-corrected chi connectivity index (χ1v) is 20.6. The first-order valence-electron chi connectivity index (χ1n) is 20.6. The van der Waals surface area contributed by atoms with Gasteiger partial charge in [-0.05, 0) is 62.4 Å². The summed E-state index contributed by atoms with van der Waals surface area (Å²) in [6.07, 6.45) is -9.24. The van der Waals surface area contributed by atoms with E-state index in [0.29, 0.717) is 44.5 Å². The summed E-state index contributed by atoms with van der Waals surface area (Å²) in [4.78, 5) is 86.7. The fourth-order valence-electron chi connectivity index (χ4n) is 4.29. The standard InChI is InChI=1S/4C8H4O3.C5H6F6.C3H8.4C2H6/c4*9-7-5-3-1-2-4-6(5)8(10)11-7;1-3(2,4(6,7)8)5(9,10)11;1-3-2;4*1-2/h4*1-4H;1-2H3;3H2,1-2H3;4*1-2H3. The lowest BCUT2D eigenvalue weighted by Crippen LogP contribution is -2.44. The summed E-state index contributed by atoms with van der Waals surface area (Å²) in [7, 11) is 0. The van der Waals surface area contributed by atoms with Gasteiger partial charge in [-0.3, -0.25) is 0 Å². The van der Waals surface area contributed by atoms with Crippen molar-refractivity contribution >= 4 is 47.8 Å². The van der Waals surface area contributed by atoms with Gasteiger partial charge in [-0.1, -0.05) is 124 Å². The lowest BCUT2D eigenvalue weighted by atomic mass is 9.92. The van der Waals surface area contributed by atoms with E-state index in [0.717, 1.165) is 0 Å². The molecule has 0 fully saturated rings. The molecule has 12 nitrogen and oxygen atoms in total. The van der Waals surface area contributed by atoms with Gasteiger partial charge in [0.2, 0.25) is 0 Å². The van der Waals surface area contributed by atoms with E-state index in [1.165, 1.54) is 6.42 Å². The Labute approximate surface area is 379 Å². The number of rotatable bonds is 0. The Morgan fingerprint density at radius 2 is 0.424 bits per heavy atom. The highest BCUT2D eigenvalue weighted by atomic mass is 19.4. The molecule has 0 amide bonds. The van der Waals surface area contributed by atoms with Gasteiger partial charge >= 0.3 is 60.1 Å². The predicted molar refractivity (Wildman–Crippen MR) is 232 cm³/mol. The Kier molecular flexibility index (Phi) is 27.3. The first-order chi connectivity index (χ1) is 31.1. The van der Waals surface area contributed by atoms with Crippen LogP contribution in [0.3, 0.4) is 0 Å². The van der Waals surface area contributed by atoms with E-state index in [2.05, 4.69) is 32.8 Å². The van der Waals surface area contributed by atoms with Crippen LogP contribution in [-0.2, 0) is 18.9 Å². The Hall–Kier alpha value is -6.98. The van der Waals surface area contributed by atoms with Crippen molar-refractivity contribution in [1.82, 2.24) is 0 Å². The largest absolute Gasteiger partial charge is 0.402 e. The van der Waals surface area contributed by atoms with E-state index in [4.69, 9.17) is 0 Å². The maximum atomic E-state index is 11.6. The second-order valence-corrected chi connectivity index (χ2v) is 12.2. The zero-order chi connectivity index (χ0) is 51.6. The second-order valence-electron chi connectivity index (χ2n) is 12.2. The number of benzene rings is 4. The summed E-state index contributed by atoms with van der Waals surface area (Å²) in [5, 5.41) is 0. The molecule has 0 radical (unpaired) electrons. The van der Waals surface area contributed by atoms with Crippen LogP contribution in [0.1, 0.15) is 172 Å². The average Bonchev–Trinajstić information content (AvgIpc) is 3.98. The third kappa shape index (κ3) is 16.9. The van der Waals surface area contributed by atoms with Crippen molar-refractivity contribution in [2.75, 3.05) is 0 Å². The van der Waals surface area contributed by atoms with Gasteiger partial charge in [0.1, 0.15) is 0 Å². The number of fused-ring (bicyclic) bond motifs is 4. The van der Waals surface area contributed by atoms with E-state index >= 15 is 0 Å². The van der Waals surface area contributed by atoms with Gasteiger partial charge in [0.25, 0.3) is 0 Å². The molecule has 0 spiro atoms. The number of hydrogen-bond acceptors (Lipinski definition) is 12. The molecule has 0 saturated carbocycles. The van der Waals surface area contributed by atoms with Crippen molar-refractivity contribution in [3.8, 4) is 0 Å². The normalized spacial score (nSPS) is 12.9. The van der Waals surface area contributed by atoms with Crippen molar-refractivity contribution < 1.29 is 83.6 Å².